The molecule has 0 saturated carbocycles. The molecule has 10 heteroatoms. The second-order valence-corrected chi connectivity index (χ2v) is 9.85. The van der Waals surface area contributed by atoms with Crippen LogP contribution in [0.4, 0.5) is 14.5 Å². The van der Waals surface area contributed by atoms with Crippen molar-refractivity contribution in [3.63, 3.8) is 0 Å². The van der Waals surface area contributed by atoms with Crippen molar-refractivity contribution in [1.29, 1.82) is 0 Å². The Morgan fingerprint density at radius 2 is 1.61 bits per heavy atom. The number of hydrogen-bond acceptors (Lipinski definition) is 3. The summed E-state index contributed by atoms with van der Waals surface area (Å²) in [6, 6.07) is 13.5. The third-order valence-electron chi connectivity index (χ3n) is 4.90. The molecule has 1 N–H and O–H groups in total. The van der Waals surface area contributed by atoms with E-state index in [1.165, 1.54) is 43.3 Å². The molecule has 0 aliphatic rings. The Labute approximate surface area is 201 Å². The summed E-state index contributed by atoms with van der Waals surface area (Å²) in [5, 5.41) is 2.99. The van der Waals surface area contributed by atoms with E-state index in [2.05, 4.69) is 5.32 Å². The molecule has 3 aromatic rings. The van der Waals surface area contributed by atoms with Crippen LogP contribution in [0, 0.1) is 11.6 Å². The van der Waals surface area contributed by atoms with Gasteiger partial charge < -0.3 is 5.32 Å². The Balaban J connectivity index is 1.91. The average Bonchev–Trinajstić information content (AvgIpc) is 2.77. The van der Waals surface area contributed by atoms with Gasteiger partial charge in [0.05, 0.1) is 10.6 Å². The predicted molar refractivity (Wildman–Crippen MR) is 125 cm³/mol. The normalized spacial score (nSPS) is 12.3. The van der Waals surface area contributed by atoms with Crippen molar-refractivity contribution < 1.29 is 22.0 Å². The van der Waals surface area contributed by atoms with Gasteiger partial charge in [0, 0.05) is 16.6 Å². The van der Waals surface area contributed by atoms with Gasteiger partial charge in [0.1, 0.15) is 17.7 Å². The summed E-state index contributed by atoms with van der Waals surface area (Å²) in [5.41, 5.74) is 0.0196. The van der Waals surface area contributed by atoms with Crippen molar-refractivity contribution in [3.8, 4) is 0 Å². The number of anilines is 1. The first-order valence-electron chi connectivity index (χ1n) is 9.87. The van der Waals surface area contributed by atoms with Crippen LogP contribution in [-0.2, 0) is 21.2 Å². The minimum absolute atomic E-state index is 0.0525. The Hall–Kier alpha value is -2.68. The molecule has 0 aromatic heterocycles. The maximum atomic E-state index is 14.7. The van der Waals surface area contributed by atoms with Gasteiger partial charge in [-0.2, -0.15) is 0 Å². The summed E-state index contributed by atoms with van der Waals surface area (Å²) in [6.07, 6.45) is 0.195. The van der Waals surface area contributed by atoms with Crippen LogP contribution in [0.3, 0.4) is 0 Å². The molecular weight excluding hydrogens is 493 g/mol. The Morgan fingerprint density at radius 1 is 0.970 bits per heavy atom. The van der Waals surface area contributed by atoms with Gasteiger partial charge in [-0.3, -0.25) is 9.10 Å². The topological polar surface area (TPSA) is 66.5 Å². The number of carbonyl (C=O) groups excluding carboxylic acids is 1. The molecule has 0 aliphatic heterocycles. The number of amides is 1. The Morgan fingerprint density at radius 3 is 2.27 bits per heavy atom. The Bertz CT molecular complexity index is 1250. The molecule has 0 saturated heterocycles. The van der Waals surface area contributed by atoms with Gasteiger partial charge in [-0.15, -0.1) is 0 Å². The van der Waals surface area contributed by atoms with Gasteiger partial charge in [0.15, 0.2) is 0 Å². The standard InChI is InChI=1S/C23H20Cl2F2N2O3S/c1-15(23(30)28-13-12-16-4-2-3-5-20(16)26)29(22-14-18(25)8-11-21(22)27)33(31,32)19-9-6-17(24)7-10-19/h2-11,14-15H,12-13H2,1H3,(H,28,30)/t15-/m1/s1. The molecule has 0 fully saturated rings. The minimum atomic E-state index is -4.38. The largest absolute Gasteiger partial charge is 0.354 e. The summed E-state index contributed by atoms with van der Waals surface area (Å²) in [6.45, 7) is 1.38. The third kappa shape index (κ3) is 5.82. The fourth-order valence-electron chi connectivity index (χ4n) is 3.20. The molecule has 5 nitrogen and oxygen atoms in total. The summed E-state index contributed by atoms with van der Waals surface area (Å²) in [7, 11) is -4.38. The lowest BCUT2D eigenvalue weighted by Crippen LogP contribution is -2.49. The minimum Gasteiger partial charge on any atom is -0.354 e. The van der Waals surface area contributed by atoms with Gasteiger partial charge in [-0.1, -0.05) is 41.4 Å². The fraction of sp³-hybridized carbons (Fsp3) is 0.174. The zero-order valence-corrected chi connectivity index (χ0v) is 19.8. The molecule has 0 radical (unpaired) electrons. The van der Waals surface area contributed by atoms with Crippen LogP contribution < -0.4 is 9.62 Å². The zero-order valence-electron chi connectivity index (χ0n) is 17.4. The molecule has 174 valence electrons. The first-order chi connectivity index (χ1) is 15.6. The van der Waals surface area contributed by atoms with Crippen molar-refractivity contribution >= 4 is 44.8 Å². The van der Waals surface area contributed by atoms with Gasteiger partial charge in [0.2, 0.25) is 5.91 Å². The van der Waals surface area contributed by atoms with E-state index >= 15 is 0 Å². The number of rotatable bonds is 8. The van der Waals surface area contributed by atoms with Crippen LogP contribution in [0.25, 0.3) is 0 Å². The third-order valence-corrected chi connectivity index (χ3v) is 7.28. The number of nitrogens with one attached hydrogen (secondary N) is 1. The van der Waals surface area contributed by atoms with Crippen LogP contribution in [-0.4, -0.2) is 26.9 Å². The second kappa shape index (κ2) is 10.5. The van der Waals surface area contributed by atoms with Crippen LogP contribution >= 0.6 is 23.2 Å². The lowest BCUT2D eigenvalue weighted by atomic mass is 10.1. The van der Waals surface area contributed by atoms with Crippen molar-refractivity contribution in [2.75, 3.05) is 10.8 Å². The van der Waals surface area contributed by atoms with Gasteiger partial charge in [-0.05, 0) is 67.4 Å². The van der Waals surface area contributed by atoms with Gasteiger partial charge in [0.25, 0.3) is 10.0 Å². The number of sulfonamides is 1. The van der Waals surface area contributed by atoms with E-state index in [0.717, 1.165) is 12.1 Å². The van der Waals surface area contributed by atoms with E-state index < -0.39 is 33.6 Å². The molecule has 0 heterocycles. The van der Waals surface area contributed by atoms with Crippen molar-refractivity contribution in [1.82, 2.24) is 5.32 Å². The Kier molecular flexibility index (Phi) is 7.94. The van der Waals surface area contributed by atoms with Crippen LogP contribution in [0.1, 0.15) is 12.5 Å². The van der Waals surface area contributed by atoms with Crippen molar-refractivity contribution in [2.24, 2.45) is 0 Å². The number of nitrogens with zero attached hydrogens (tertiary/aromatic N) is 1. The molecule has 1 amide bonds. The first-order valence-corrected chi connectivity index (χ1v) is 12.1. The predicted octanol–water partition coefficient (Wildman–Crippen LogP) is 5.21. The maximum absolute atomic E-state index is 14.7. The number of hydrogen-bond donors (Lipinski definition) is 1. The SMILES string of the molecule is C[C@H](C(=O)NCCc1ccccc1F)N(c1cc(Cl)ccc1F)S(=O)(=O)c1ccc(Cl)cc1. The van der Waals surface area contributed by atoms with Gasteiger partial charge in [-0.25, -0.2) is 17.2 Å². The van der Waals surface area contributed by atoms with E-state index in [4.69, 9.17) is 23.2 Å². The molecule has 33 heavy (non-hydrogen) atoms. The summed E-state index contributed by atoms with van der Waals surface area (Å²) in [4.78, 5) is 12.7. The zero-order chi connectivity index (χ0) is 24.2. The molecular formula is C23H20Cl2F2N2O3S. The molecule has 0 bridgehead atoms. The molecule has 3 rings (SSSR count). The average molecular weight is 513 g/mol. The van der Waals surface area contributed by atoms with E-state index in [9.17, 15) is 22.0 Å². The van der Waals surface area contributed by atoms with Crippen molar-refractivity contribution in [2.45, 2.75) is 24.3 Å². The molecule has 0 aliphatic carbocycles. The van der Waals surface area contributed by atoms with E-state index in [0.29, 0.717) is 14.9 Å². The fourth-order valence-corrected chi connectivity index (χ4v) is 5.11. The molecule has 3 aromatic carbocycles. The monoisotopic (exact) mass is 512 g/mol. The van der Waals surface area contributed by atoms with E-state index in [1.54, 1.807) is 18.2 Å². The smallest absolute Gasteiger partial charge is 0.265 e. The lowest BCUT2D eigenvalue weighted by molar-refractivity contribution is -0.121. The number of benzene rings is 3. The highest BCUT2D eigenvalue weighted by molar-refractivity contribution is 7.93. The molecule has 1 atom stereocenters. The second-order valence-electron chi connectivity index (χ2n) is 7.16. The lowest BCUT2D eigenvalue weighted by Gasteiger charge is -2.30. The quantitative estimate of drug-likeness (QED) is 0.450. The summed E-state index contributed by atoms with van der Waals surface area (Å²) in [5.74, 6) is -1.97. The van der Waals surface area contributed by atoms with Crippen LogP contribution in [0.5, 0.6) is 0 Å². The highest BCUT2D eigenvalue weighted by Crippen LogP contribution is 2.31. The summed E-state index contributed by atoms with van der Waals surface area (Å²) >= 11 is 11.8. The highest BCUT2D eigenvalue weighted by Gasteiger charge is 2.35. The van der Waals surface area contributed by atoms with Crippen molar-refractivity contribution in [3.05, 3.63) is 94.0 Å². The molecule has 0 spiro atoms. The first kappa shape index (κ1) is 25.0. The maximum Gasteiger partial charge on any atom is 0.265 e. The highest BCUT2D eigenvalue weighted by atomic mass is 35.5. The van der Waals surface area contributed by atoms with Crippen LogP contribution in [0.15, 0.2) is 71.6 Å². The number of halogens is 4. The van der Waals surface area contributed by atoms with Gasteiger partial charge >= 0.3 is 0 Å². The van der Waals surface area contributed by atoms with E-state index in [-0.39, 0.29) is 28.6 Å². The van der Waals surface area contributed by atoms with Crippen LogP contribution in [0.2, 0.25) is 10.0 Å². The molecule has 0 unspecified atom stereocenters. The summed E-state index contributed by atoms with van der Waals surface area (Å²) < 4.78 is 56.1. The number of carbonyl (C=O) groups is 1. The van der Waals surface area contributed by atoms with E-state index in [1.807, 2.05) is 0 Å².